The Balaban J connectivity index is 2.60. The van der Waals surface area contributed by atoms with Crippen LogP contribution in [0.1, 0.15) is 62.6 Å². The molecule has 0 aliphatic heterocycles. The minimum atomic E-state index is -0.332. The lowest BCUT2D eigenvalue weighted by molar-refractivity contribution is 0.255. The summed E-state index contributed by atoms with van der Waals surface area (Å²) in [6.07, 6.45) is 5.68. The number of methoxy groups -OCH3 is 1. The number of aliphatic imine (C=N–C) groups is 1. The first-order chi connectivity index (χ1) is 9.57. The maximum atomic E-state index is 10.8. The van der Waals surface area contributed by atoms with E-state index in [1.165, 1.54) is 11.1 Å². The zero-order valence-electron chi connectivity index (χ0n) is 12.8. The Morgan fingerprint density at radius 3 is 2.50 bits per heavy atom. The number of benzene rings is 1. The van der Waals surface area contributed by atoms with Crippen molar-refractivity contribution in [3.05, 3.63) is 28.8 Å². The molecule has 0 spiro atoms. The molecule has 1 aromatic rings. The predicted molar refractivity (Wildman–Crippen MR) is 80.1 cm³/mol. The van der Waals surface area contributed by atoms with Gasteiger partial charge in [0.1, 0.15) is 5.75 Å². The quantitative estimate of drug-likeness (QED) is 0.598. The van der Waals surface area contributed by atoms with Crippen molar-refractivity contribution < 1.29 is 9.53 Å². The van der Waals surface area contributed by atoms with Gasteiger partial charge in [0.25, 0.3) is 0 Å². The van der Waals surface area contributed by atoms with Crippen LogP contribution in [0.3, 0.4) is 0 Å². The third kappa shape index (κ3) is 2.38. The van der Waals surface area contributed by atoms with E-state index in [1.54, 1.807) is 13.2 Å². The number of nitrogens with zero attached hydrogens (tertiary/aromatic N) is 1. The summed E-state index contributed by atoms with van der Waals surface area (Å²) in [7, 11) is 1.72. The van der Waals surface area contributed by atoms with Gasteiger partial charge in [-0.05, 0) is 60.4 Å². The predicted octanol–water partition coefficient (Wildman–Crippen LogP) is 4.10. The zero-order valence-corrected chi connectivity index (χ0v) is 12.8. The van der Waals surface area contributed by atoms with Gasteiger partial charge in [-0.25, -0.2) is 4.79 Å². The Morgan fingerprint density at radius 1 is 1.40 bits per heavy atom. The Bertz CT molecular complexity index is 538. The molecule has 0 saturated heterocycles. The molecule has 0 radical (unpaired) electrons. The van der Waals surface area contributed by atoms with Gasteiger partial charge in [-0.2, -0.15) is 4.99 Å². The van der Waals surface area contributed by atoms with Crippen LogP contribution in [0, 0.1) is 0 Å². The molecule has 0 bridgehead atoms. The van der Waals surface area contributed by atoms with E-state index in [4.69, 9.17) is 4.74 Å². The number of hydrogen-bond acceptors (Lipinski definition) is 3. The molecule has 3 nitrogen and oxygen atoms in total. The first-order valence-electron chi connectivity index (χ1n) is 7.38. The summed E-state index contributed by atoms with van der Waals surface area (Å²) in [5.74, 6) is 1.36. The van der Waals surface area contributed by atoms with Gasteiger partial charge in [0.15, 0.2) is 0 Å². The first-order valence-corrected chi connectivity index (χ1v) is 7.38. The SMILES string of the molecule is CCc1cc(C2(N=C=O)CCC2)cc(C(C)C)c1OC. The van der Waals surface area contributed by atoms with E-state index in [0.29, 0.717) is 5.92 Å². The van der Waals surface area contributed by atoms with E-state index in [-0.39, 0.29) is 5.54 Å². The second kappa shape index (κ2) is 5.80. The Hall–Kier alpha value is -1.60. The summed E-state index contributed by atoms with van der Waals surface area (Å²) in [4.78, 5) is 14.9. The van der Waals surface area contributed by atoms with Crippen LogP contribution in [-0.4, -0.2) is 13.2 Å². The van der Waals surface area contributed by atoms with Crippen molar-refractivity contribution in [3.8, 4) is 5.75 Å². The van der Waals surface area contributed by atoms with Gasteiger partial charge >= 0.3 is 0 Å². The highest BCUT2D eigenvalue weighted by molar-refractivity contribution is 5.50. The van der Waals surface area contributed by atoms with Crippen molar-refractivity contribution in [1.82, 2.24) is 0 Å². The molecule has 1 saturated carbocycles. The summed E-state index contributed by atoms with van der Waals surface area (Å²) in [5, 5.41) is 0. The molecule has 0 atom stereocenters. The lowest BCUT2D eigenvalue weighted by Gasteiger charge is -2.38. The minimum absolute atomic E-state index is 0.332. The minimum Gasteiger partial charge on any atom is -0.496 e. The Labute approximate surface area is 121 Å². The molecule has 0 heterocycles. The second-order valence-electron chi connectivity index (χ2n) is 5.85. The molecule has 20 heavy (non-hydrogen) atoms. The summed E-state index contributed by atoms with van der Waals surface area (Å²) in [6, 6.07) is 4.33. The van der Waals surface area contributed by atoms with E-state index < -0.39 is 0 Å². The molecule has 1 fully saturated rings. The van der Waals surface area contributed by atoms with Crippen LogP contribution in [0.2, 0.25) is 0 Å². The molecule has 0 N–H and O–H groups in total. The number of carbonyl (C=O) groups excluding carboxylic acids is 1. The zero-order chi connectivity index (χ0) is 14.8. The molecule has 3 heteroatoms. The monoisotopic (exact) mass is 273 g/mol. The summed E-state index contributed by atoms with van der Waals surface area (Å²) < 4.78 is 5.60. The number of rotatable bonds is 5. The van der Waals surface area contributed by atoms with Crippen molar-refractivity contribution in [2.45, 2.75) is 57.9 Å². The summed E-state index contributed by atoms with van der Waals surface area (Å²) in [5.41, 5.74) is 3.21. The molecule has 108 valence electrons. The first kappa shape index (κ1) is 14.8. The molecular weight excluding hydrogens is 250 g/mol. The fourth-order valence-corrected chi connectivity index (χ4v) is 2.99. The molecule has 0 aromatic heterocycles. The topological polar surface area (TPSA) is 38.7 Å². The summed E-state index contributed by atoms with van der Waals surface area (Å²) >= 11 is 0. The van der Waals surface area contributed by atoms with Crippen molar-refractivity contribution in [3.63, 3.8) is 0 Å². The lowest BCUT2D eigenvalue weighted by Crippen LogP contribution is -2.32. The largest absolute Gasteiger partial charge is 0.496 e. The van der Waals surface area contributed by atoms with Crippen molar-refractivity contribution in [2.75, 3.05) is 7.11 Å². The molecule has 0 amide bonds. The Morgan fingerprint density at radius 2 is 2.10 bits per heavy atom. The average molecular weight is 273 g/mol. The average Bonchev–Trinajstić information content (AvgIpc) is 2.41. The van der Waals surface area contributed by atoms with Gasteiger partial charge in [-0.3, -0.25) is 0 Å². The third-order valence-electron chi connectivity index (χ3n) is 4.38. The molecule has 1 aliphatic carbocycles. The van der Waals surface area contributed by atoms with Gasteiger partial charge in [-0.15, -0.1) is 0 Å². The van der Waals surface area contributed by atoms with Crippen molar-refractivity contribution >= 4 is 6.08 Å². The van der Waals surface area contributed by atoms with Crippen LogP contribution in [0.4, 0.5) is 0 Å². The molecule has 1 aromatic carbocycles. The normalized spacial score (nSPS) is 16.4. The van der Waals surface area contributed by atoms with Crippen molar-refractivity contribution in [2.24, 2.45) is 4.99 Å². The van der Waals surface area contributed by atoms with Gasteiger partial charge in [0, 0.05) is 0 Å². The second-order valence-corrected chi connectivity index (χ2v) is 5.85. The maximum absolute atomic E-state index is 10.8. The van der Waals surface area contributed by atoms with Gasteiger partial charge < -0.3 is 4.74 Å². The molecular formula is C17H23NO2. The highest BCUT2D eigenvalue weighted by atomic mass is 16.5. The van der Waals surface area contributed by atoms with Crippen LogP contribution >= 0.6 is 0 Å². The number of aryl methyl sites for hydroxylation is 1. The maximum Gasteiger partial charge on any atom is 0.235 e. The van der Waals surface area contributed by atoms with Gasteiger partial charge in [-0.1, -0.05) is 20.8 Å². The van der Waals surface area contributed by atoms with Crippen LogP contribution in [0.5, 0.6) is 5.75 Å². The van der Waals surface area contributed by atoms with Gasteiger partial charge in [0.2, 0.25) is 6.08 Å². The fourth-order valence-electron chi connectivity index (χ4n) is 2.99. The van der Waals surface area contributed by atoms with Gasteiger partial charge in [0.05, 0.1) is 12.6 Å². The molecule has 0 unspecified atom stereocenters. The van der Waals surface area contributed by atoms with Crippen molar-refractivity contribution in [1.29, 1.82) is 0 Å². The summed E-state index contributed by atoms with van der Waals surface area (Å²) in [6.45, 7) is 6.46. The highest BCUT2D eigenvalue weighted by Crippen LogP contribution is 2.47. The Kier molecular flexibility index (Phi) is 4.29. The van der Waals surface area contributed by atoms with E-state index in [2.05, 4.69) is 37.9 Å². The molecule has 2 rings (SSSR count). The van der Waals surface area contributed by atoms with E-state index in [9.17, 15) is 4.79 Å². The highest BCUT2D eigenvalue weighted by Gasteiger charge is 2.39. The molecule has 1 aliphatic rings. The lowest BCUT2D eigenvalue weighted by atomic mass is 9.71. The van der Waals surface area contributed by atoms with Crippen LogP contribution in [-0.2, 0) is 16.8 Å². The van der Waals surface area contributed by atoms with E-state index in [0.717, 1.165) is 37.0 Å². The fraction of sp³-hybridized carbons (Fsp3) is 0.588. The van der Waals surface area contributed by atoms with E-state index >= 15 is 0 Å². The van der Waals surface area contributed by atoms with Crippen LogP contribution in [0.15, 0.2) is 17.1 Å². The standard InChI is InChI=1S/C17H23NO2/c1-5-13-9-14(17(18-11-19)7-6-8-17)10-15(12(2)3)16(13)20-4/h9-10,12H,5-8H2,1-4H3. The number of hydrogen-bond donors (Lipinski definition) is 0. The third-order valence-corrected chi connectivity index (χ3v) is 4.38. The van der Waals surface area contributed by atoms with E-state index in [1.807, 2.05) is 0 Å². The van der Waals surface area contributed by atoms with Crippen LogP contribution < -0.4 is 4.74 Å². The van der Waals surface area contributed by atoms with Crippen LogP contribution in [0.25, 0.3) is 0 Å². The number of isocyanates is 1. The number of ether oxygens (including phenoxy) is 1. The smallest absolute Gasteiger partial charge is 0.235 e.